The minimum Gasteiger partial charge on any atom is -0.493 e. The van der Waals surface area contributed by atoms with Crippen LogP contribution in [0.1, 0.15) is 37.9 Å². The summed E-state index contributed by atoms with van der Waals surface area (Å²) >= 11 is 6.47. The van der Waals surface area contributed by atoms with Crippen molar-refractivity contribution in [2.75, 3.05) is 19.5 Å². The summed E-state index contributed by atoms with van der Waals surface area (Å²) in [7, 11) is 0. The Bertz CT molecular complexity index is 1470. The molecule has 9 heteroatoms. The van der Waals surface area contributed by atoms with Crippen LogP contribution in [-0.4, -0.2) is 30.0 Å². The number of hydrogen-bond donors (Lipinski definition) is 0. The van der Waals surface area contributed by atoms with Gasteiger partial charge in [0, 0.05) is 4.90 Å². The number of carbonyl (C=O) groups is 1. The van der Waals surface area contributed by atoms with Crippen molar-refractivity contribution < 1.29 is 14.3 Å². The van der Waals surface area contributed by atoms with E-state index in [1.54, 1.807) is 30.2 Å². The molecule has 1 aliphatic heterocycles. The predicted octanol–water partition coefficient (Wildman–Crippen LogP) is 4.68. The van der Waals surface area contributed by atoms with Crippen molar-refractivity contribution in [3.05, 3.63) is 89.0 Å². The maximum atomic E-state index is 13.7. The van der Waals surface area contributed by atoms with Crippen molar-refractivity contribution in [3.63, 3.8) is 0 Å². The topological polar surface area (TPSA) is 69.9 Å². The van der Waals surface area contributed by atoms with Gasteiger partial charge in [-0.2, -0.15) is 0 Å². The third-order valence-corrected chi connectivity index (χ3v) is 7.85. The normalized spacial score (nSPS) is 15.6. The minimum atomic E-state index is -0.615. The van der Waals surface area contributed by atoms with Gasteiger partial charge in [-0.05, 0) is 84.4 Å². The molecule has 0 unspecified atom stereocenters. The molecule has 1 atom stereocenters. The smallest absolute Gasteiger partial charge is 0.338 e. The molecule has 2 aromatic carbocycles. The van der Waals surface area contributed by atoms with Crippen LogP contribution >= 0.6 is 39.0 Å². The van der Waals surface area contributed by atoms with Crippen LogP contribution in [0.2, 0.25) is 0 Å². The molecule has 0 radical (unpaired) electrons. The highest BCUT2D eigenvalue weighted by Crippen LogP contribution is 2.32. The Balaban J connectivity index is 1.89. The van der Waals surface area contributed by atoms with E-state index in [0.29, 0.717) is 27.2 Å². The largest absolute Gasteiger partial charge is 0.493 e. The Morgan fingerprint density at radius 3 is 2.57 bits per heavy atom. The fourth-order valence-electron chi connectivity index (χ4n) is 3.92. The van der Waals surface area contributed by atoms with Crippen LogP contribution < -0.4 is 19.6 Å². The zero-order chi connectivity index (χ0) is 25.1. The molecule has 0 saturated heterocycles. The molecule has 0 N–H and O–H groups in total. The number of thiazole rings is 1. The summed E-state index contributed by atoms with van der Waals surface area (Å²) in [5, 5.41) is 0. The lowest BCUT2D eigenvalue weighted by atomic mass is 9.96. The molecule has 4 rings (SSSR count). The number of thioether (sulfide) groups is 1. The fourth-order valence-corrected chi connectivity index (χ4v) is 5.89. The van der Waals surface area contributed by atoms with Crippen molar-refractivity contribution >= 4 is 51.1 Å². The molecule has 0 amide bonds. The van der Waals surface area contributed by atoms with E-state index in [0.717, 1.165) is 26.2 Å². The molecule has 182 valence electrons. The molecule has 3 aromatic rings. The molecule has 1 aromatic heterocycles. The predicted molar refractivity (Wildman–Crippen MR) is 144 cm³/mol. The number of benzene rings is 2. The van der Waals surface area contributed by atoms with Gasteiger partial charge in [0.25, 0.3) is 5.56 Å². The molecule has 0 saturated carbocycles. The quantitative estimate of drug-likeness (QED) is 0.303. The first-order chi connectivity index (χ1) is 16.9. The molecule has 0 bridgehead atoms. The maximum Gasteiger partial charge on any atom is 0.338 e. The molecule has 35 heavy (non-hydrogen) atoms. The number of halogens is 1. The van der Waals surface area contributed by atoms with Crippen LogP contribution in [0.15, 0.2) is 72.9 Å². The third kappa shape index (κ3) is 5.17. The Kier molecular flexibility index (Phi) is 7.98. The van der Waals surface area contributed by atoms with Gasteiger partial charge in [0.05, 0.1) is 39.5 Å². The zero-order valence-electron chi connectivity index (χ0n) is 19.8. The highest BCUT2D eigenvalue weighted by atomic mass is 79.9. The Morgan fingerprint density at radius 1 is 1.20 bits per heavy atom. The molecular weight excluding hydrogens is 548 g/mol. The number of fused-ring (bicyclic) bond motifs is 1. The molecule has 2 heterocycles. The van der Waals surface area contributed by atoms with Crippen LogP contribution in [-0.2, 0) is 9.53 Å². The van der Waals surface area contributed by atoms with Crippen LogP contribution in [0.4, 0.5) is 0 Å². The van der Waals surface area contributed by atoms with Gasteiger partial charge < -0.3 is 9.47 Å². The second kappa shape index (κ2) is 11.0. The third-order valence-electron chi connectivity index (χ3n) is 5.50. The zero-order valence-corrected chi connectivity index (χ0v) is 23.1. The van der Waals surface area contributed by atoms with Gasteiger partial charge in [-0.15, -0.1) is 11.8 Å². The van der Waals surface area contributed by atoms with E-state index >= 15 is 0 Å². The summed E-state index contributed by atoms with van der Waals surface area (Å²) in [4.78, 5) is 32.9. The van der Waals surface area contributed by atoms with E-state index in [9.17, 15) is 9.59 Å². The highest BCUT2D eigenvalue weighted by molar-refractivity contribution is 9.10. The molecule has 6 nitrogen and oxygen atoms in total. The van der Waals surface area contributed by atoms with E-state index in [4.69, 9.17) is 9.47 Å². The summed E-state index contributed by atoms with van der Waals surface area (Å²) in [6.07, 6.45) is 3.84. The van der Waals surface area contributed by atoms with Crippen molar-refractivity contribution in [2.24, 2.45) is 4.99 Å². The van der Waals surface area contributed by atoms with Gasteiger partial charge in [0.2, 0.25) is 0 Å². The summed E-state index contributed by atoms with van der Waals surface area (Å²) < 4.78 is 13.9. The number of aromatic nitrogens is 1. The molecule has 0 spiro atoms. The van der Waals surface area contributed by atoms with Crippen molar-refractivity contribution in [1.82, 2.24) is 4.57 Å². The van der Waals surface area contributed by atoms with Crippen LogP contribution in [0.3, 0.4) is 0 Å². The SMILES string of the molecule is CCOC(=O)C1=C(C)N=c2s/c(=C\c3ccc(OCC)c(Br)c3)c(=O)n2[C@H]1c1ccc(SC)cc1. The maximum absolute atomic E-state index is 13.7. The van der Waals surface area contributed by atoms with Crippen LogP contribution in [0.5, 0.6) is 5.75 Å². The van der Waals surface area contributed by atoms with Gasteiger partial charge in [0.15, 0.2) is 4.80 Å². The van der Waals surface area contributed by atoms with E-state index in [1.807, 2.05) is 61.7 Å². The van der Waals surface area contributed by atoms with Crippen LogP contribution in [0, 0.1) is 0 Å². The van der Waals surface area contributed by atoms with E-state index in [1.165, 1.54) is 11.3 Å². The number of hydrogen-bond acceptors (Lipinski definition) is 7. The van der Waals surface area contributed by atoms with E-state index in [-0.39, 0.29) is 12.2 Å². The van der Waals surface area contributed by atoms with E-state index < -0.39 is 12.0 Å². The summed E-state index contributed by atoms with van der Waals surface area (Å²) in [6.45, 7) is 6.29. The number of rotatable bonds is 7. The number of nitrogens with zero attached hydrogens (tertiary/aromatic N) is 2. The minimum absolute atomic E-state index is 0.202. The van der Waals surface area contributed by atoms with Crippen molar-refractivity contribution in [2.45, 2.75) is 31.7 Å². The van der Waals surface area contributed by atoms with Gasteiger partial charge in [-0.1, -0.05) is 29.5 Å². The molecule has 1 aliphatic rings. The number of carbonyl (C=O) groups excluding carboxylic acids is 1. The molecule has 0 fully saturated rings. The fraction of sp³-hybridized carbons (Fsp3) is 0.269. The lowest BCUT2D eigenvalue weighted by Gasteiger charge is -2.24. The Hall–Kier alpha value is -2.62. The lowest BCUT2D eigenvalue weighted by molar-refractivity contribution is -0.139. The van der Waals surface area contributed by atoms with Gasteiger partial charge in [-0.25, -0.2) is 9.79 Å². The van der Waals surface area contributed by atoms with Crippen molar-refractivity contribution in [3.8, 4) is 5.75 Å². The first-order valence-corrected chi connectivity index (χ1v) is 14.0. The monoisotopic (exact) mass is 572 g/mol. The van der Waals surface area contributed by atoms with Crippen molar-refractivity contribution in [1.29, 1.82) is 0 Å². The highest BCUT2D eigenvalue weighted by Gasteiger charge is 2.33. The summed E-state index contributed by atoms with van der Waals surface area (Å²) in [5.41, 5.74) is 2.42. The first kappa shape index (κ1) is 25.5. The van der Waals surface area contributed by atoms with Gasteiger partial charge in [-0.3, -0.25) is 9.36 Å². The molecular formula is C26H25BrN2O4S2. The lowest BCUT2D eigenvalue weighted by Crippen LogP contribution is -2.39. The summed E-state index contributed by atoms with van der Waals surface area (Å²) in [5.74, 6) is 0.284. The number of allylic oxidation sites excluding steroid dienone is 1. The second-order valence-electron chi connectivity index (χ2n) is 7.70. The van der Waals surface area contributed by atoms with Gasteiger partial charge >= 0.3 is 5.97 Å². The Morgan fingerprint density at radius 2 is 1.94 bits per heavy atom. The molecule has 0 aliphatic carbocycles. The summed E-state index contributed by atoms with van der Waals surface area (Å²) in [6, 6.07) is 13.0. The number of esters is 1. The first-order valence-electron chi connectivity index (χ1n) is 11.1. The number of ether oxygens (including phenoxy) is 2. The standard InChI is InChI=1S/C26H25BrN2O4S2/c1-5-32-20-12-7-16(13-19(20)27)14-21-24(30)29-23(17-8-10-18(34-4)11-9-17)22(25(31)33-6-2)15(3)28-26(29)35-21/h7-14,23H,5-6H2,1-4H3/b21-14-/t23-/m0/s1. The Labute approximate surface area is 220 Å². The van der Waals surface area contributed by atoms with E-state index in [2.05, 4.69) is 20.9 Å². The van der Waals surface area contributed by atoms with Crippen LogP contribution in [0.25, 0.3) is 6.08 Å². The second-order valence-corrected chi connectivity index (χ2v) is 10.4. The van der Waals surface area contributed by atoms with Gasteiger partial charge in [0.1, 0.15) is 5.75 Å². The average molecular weight is 574 g/mol. The average Bonchev–Trinajstić information content (AvgIpc) is 3.14.